The van der Waals surface area contributed by atoms with Crippen molar-refractivity contribution in [1.29, 1.82) is 0 Å². The van der Waals surface area contributed by atoms with Gasteiger partial charge in [0.05, 0.1) is 18.9 Å². The Labute approximate surface area is 130 Å². The van der Waals surface area contributed by atoms with Crippen molar-refractivity contribution in [3.05, 3.63) is 60.7 Å². The lowest BCUT2D eigenvalue weighted by molar-refractivity contribution is 0.0248. The van der Waals surface area contributed by atoms with E-state index in [1.54, 1.807) is 0 Å². The Kier molecular flexibility index (Phi) is 5.02. The minimum atomic E-state index is 0.708. The van der Waals surface area contributed by atoms with E-state index in [-0.39, 0.29) is 0 Å². The zero-order valence-electron chi connectivity index (χ0n) is 12.4. The molecule has 0 aliphatic carbocycles. The zero-order chi connectivity index (χ0) is 15.0. The molecule has 2 N–H and O–H groups in total. The number of rotatable bonds is 3. The topological polar surface area (TPSA) is 48.9 Å². The van der Waals surface area contributed by atoms with Crippen molar-refractivity contribution in [3.63, 3.8) is 0 Å². The second-order valence-corrected chi connectivity index (χ2v) is 5.00. The van der Waals surface area contributed by atoms with Crippen LogP contribution < -0.4 is 10.7 Å². The predicted molar refractivity (Wildman–Crippen MR) is 89.1 cm³/mol. The second-order valence-electron chi connectivity index (χ2n) is 5.00. The van der Waals surface area contributed by atoms with E-state index >= 15 is 0 Å². The first kappa shape index (κ1) is 14.6. The molecule has 3 rings (SSSR count). The summed E-state index contributed by atoms with van der Waals surface area (Å²) in [5, 5.41) is 5.44. The summed E-state index contributed by atoms with van der Waals surface area (Å²) < 4.78 is 5.38. The lowest BCUT2D eigenvalue weighted by Crippen LogP contribution is -2.50. The van der Waals surface area contributed by atoms with Gasteiger partial charge in [0.2, 0.25) is 5.96 Å². The number of hydrazine groups is 1. The summed E-state index contributed by atoms with van der Waals surface area (Å²) in [5.74, 6) is 0.708. The van der Waals surface area contributed by atoms with Crippen LogP contribution in [0.5, 0.6) is 0 Å². The number of ether oxygens (including phenoxy) is 1. The Morgan fingerprint density at radius 1 is 0.909 bits per heavy atom. The van der Waals surface area contributed by atoms with Crippen LogP contribution in [0, 0.1) is 0 Å². The van der Waals surface area contributed by atoms with Crippen LogP contribution >= 0.6 is 0 Å². The molecule has 22 heavy (non-hydrogen) atoms. The van der Waals surface area contributed by atoms with Gasteiger partial charge in [0, 0.05) is 18.8 Å². The van der Waals surface area contributed by atoms with E-state index < -0.39 is 0 Å². The smallest absolute Gasteiger partial charge is 0.215 e. The van der Waals surface area contributed by atoms with Gasteiger partial charge in [-0.05, 0) is 24.3 Å². The van der Waals surface area contributed by atoms with Crippen LogP contribution in [-0.2, 0) is 4.74 Å². The maximum atomic E-state index is 5.38. The van der Waals surface area contributed by atoms with Gasteiger partial charge in [0.1, 0.15) is 0 Å². The van der Waals surface area contributed by atoms with Gasteiger partial charge in [-0.15, -0.1) is 0 Å². The Morgan fingerprint density at radius 2 is 1.55 bits per heavy atom. The van der Waals surface area contributed by atoms with E-state index in [1.165, 1.54) is 0 Å². The molecule has 114 valence electrons. The summed E-state index contributed by atoms with van der Waals surface area (Å²) in [7, 11) is 0. The number of nitrogens with zero attached hydrogens (tertiary/aromatic N) is 2. The number of aliphatic imine (C=N–C) groups is 1. The highest BCUT2D eigenvalue weighted by atomic mass is 16.5. The molecule has 2 aromatic rings. The van der Waals surface area contributed by atoms with Crippen LogP contribution in [-0.4, -0.2) is 37.3 Å². The molecule has 1 aliphatic heterocycles. The number of hydrogen-bond acceptors (Lipinski definition) is 3. The molecular formula is C17H20N4O. The maximum absolute atomic E-state index is 5.38. The summed E-state index contributed by atoms with van der Waals surface area (Å²) in [6, 6.07) is 19.9. The first-order valence-corrected chi connectivity index (χ1v) is 7.45. The average Bonchev–Trinajstić information content (AvgIpc) is 2.57. The largest absolute Gasteiger partial charge is 0.379 e. The number of morpholine rings is 1. The van der Waals surface area contributed by atoms with Crippen molar-refractivity contribution in [2.75, 3.05) is 31.6 Å². The fraction of sp³-hybridized carbons (Fsp3) is 0.235. The molecule has 0 aromatic heterocycles. The normalized spacial score (nSPS) is 16.3. The highest BCUT2D eigenvalue weighted by Crippen LogP contribution is 2.12. The monoisotopic (exact) mass is 296 g/mol. The Morgan fingerprint density at radius 3 is 2.23 bits per heavy atom. The molecule has 1 aliphatic rings. The number of anilines is 1. The number of nitrogens with one attached hydrogen (secondary N) is 2. The lowest BCUT2D eigenvalue weighted by Gasteiger charge is -2.28. The molecule has 0 unspecified atom stereocenters. The van der Waals surface area contributed by atoms with Gasteiger partial charge < -0.3 is 10.1 Å². The third-order valence-corrected chi connectivity index (χ3v) is 3.31. The molecule has 5 nitrogen and oxygen atoms in total. The predicted octanol–water partition coefficient (Wildman–Crippen LogP) is 2.62. The maximum Gasteiger partial charge on any atom is 0.215 e. The first-order chi connectivity index (χ1) is 10.9. The third-order valence-electron chi connectivity index (χ3n) is 3.31. The number of hydrogen-bond donors (Lipinski definition) is 2. The van der Waals surface area contributed by atoms with Gasteiger partial charge in [-0.1, -0.05) is 36.4 Å². The van der Waals surface area contributed by atoms with E-state index in [1.807, 2.05) is 60.7 Å². The molecule has 0 bridgehead atoms. The summed E-state index contributed by atoms with van der Waals surface area (Å²) in [6.45, 7) is 3.14. The van der Waals surface area contributed by atoms with Crippen molar-refractivity contribution in [3.8, 4) is 0 Å². The van der Waals surface area contributed by atoms with Crippen LogP contribution in [0.15, 0.2) is 65.7 Å². The molecule has 0 saturated carbocycles. The Bertz CT molecular complexity index is 595. The standard InChI is InChI=1S/C17H20N4O/c1-3-7-15(8-4-1)18-17(19-16-9-5-2-6-10-16)20-21-11-13-22-14-12-21/h1-10H,11-14H2,(H2,18,19,20). The summed E-state index contributed by atoms with van der Waals surface area (Å²) in [4.78, 5) is 4.66. The van der Waals surface area contributed by atoms with Gasteiger partial charge in [-0.25, -0.2) is 10.0 Å². The van der Waals surface area contributed by atoms with Crippen LogP contribution in [0.4, 0.5) is 11.4 Å². The molecule has 1 heterocycles. The fourth-order valence-electron chi connectivity index (χ4n) is 2.20. The minimum absolute atomic E-state index is 0.708. The van der Waals surface area contributed by atoms with E-state index in [0.717, 1.165) is 37.7 Å². The van der Waals surface area contributed by atoms with Crippen molar-refractivity contribution < 1.29 is 4.74 Å². The summed E-state index contributed by atoms with van der Waals surface area (Å²) in [6.07, 6.45) is 0. The summed E-state index contributed by atoms with van der Waals surface area (Å²) in [5.41, 5.74) is 5.25. The molecule has 1 saturated heterocycles. The molecule has 0 atom stereocenters. The molecular weight excluding hydrogens is 276 g/mol. The van der Waals surface area contributed by atoms with Gasteiger partial charge in [0.15, 0.2) is 0 Å². The first-order valence-electron chi connectivity index (χ1n) is 7.45. The fourth-order valence-corrected chi connectivity index (χ4v) is 2.20. The molecule has 2 aromatic carbocycles. The Hall–Kier alpha value is -2.37. The van der Waals surface area contributed by atoms with Crippen molar-refractivity contribution in [2.45, 2.75) is 0 Å². The van der Waals surface area contributed by atoms with E-state index in [4.69, 9.17) is 4.74 Å². The van der Waals surface area contributed by atoms with Crippen molar-refractivity contribution in [1.82, 2.24) is 10.4 Å². The zero-order valence-corrected chi connectivity index (χ0v) is 12.4. The second kappa shape index (κ2) is 7.59. The van der Waals surface area contributed by atoms with Gasteiger partial charge >= 0.3 is 0 Å². The lowest BCUT2D eigenvalue weighted by atomic mass is 10.3. The average molecular weight is 296 g/mol. The van der Waals surface area contributed by atoms with Crippen LogP contribution in [0.2, 0.25) is 0 Å². The quantitative estimate of drug-likeness (QED) is 0.675. The highest BCUT2D eigenvalue weighted by molar-refractivity contribution is 5.94. The van der Waals surface area contributed by atoms with Crippen molar-refractivity contribution >= 4 is 17.3 Å². The van der Waals surface area contributed by atoms with E-state index in [2.05, 4.69) is 20.7 Å². The van der Waals surface area contributed by atoms with Gasteiger partial charge in [0.25, 0.3) is 0 Å². The van der Waals surface area contributed by atoms with Crippen molar-refractivity contribution in [2.24, 2.45) is 4.99 Å². The van der Waals surface area contributed by atoms with Crippen LogP contribution in [0.25, 0.3) is 0 Å². The molecule has 5 heteroatoms. The van der Waals surface area contributed by atoms with E-state index in [9.17, 15) is 0 Å². The molecule has 0 amide bonds. The molecule has 0 spiro atoms. The summed E-state index contributed by atoms with van der Waals surface area (Å²) >= 11 is 0. The van der Waals surface area contributed by atoms with Gasteiger partial charge in [-0.3, -0.25) is 5.43 Å². The Balaban J connectivity index is 1.76. The van der Waals surface area contributed by atoms with Crippen LogP contribution in [0.1, 0.15) is 0 Å². The SMILES string of the molecule is c1ccc(N=C(Nc2ccccc2)NN2CCOCC2)cc1. The number of benzene rings is 2. The van der Waals surface area contributed by atoms with Gasteiger partial charge in [-0.2, -0.15) is 0 Å². The molecule has 0 radical (unpaired) electrons. The number of guanidine groups is 1. The highest BCUT2D eigenvalue weighted by Gasteiger charge is 2.12. The third kappa shape index (κ3) is 4.31. The number of para-hydroxylation sites is 2. The van der Waals surface area contributed by atoms with Crippen LogP contribution in [0.3, 0.4) is 0 Å². The molecule has 1 fully saturated rings. The van der Waals surface area contributed by atoms with E-state index in [0.29, 0.717) is 5.96 Å². The minimum Gasteiger partial charge on any atom is -0.379 e.